The van der Waals surface area contributed by atoms with Crippen LogP contribution in [0.2, 0.25) is 0 Å². The lowest BCUT2D eigenvalue weighted by Gasteiger charge is -2.12. The SMILES string of the molecule is CC(C)(C)c1cc(NC(=O)Cc2ccc(NC(=O)c3cc([N+](=O)[O-])ccn3)cc2)no1. The summed E-state index contributed by atoms with van der Waals surface area (Å²) < 4.78 is 5.24. The molecule has 10 heteroatoms. The number of rotatable bonds is 6. The van der Waals surface area contributed by atoms with E-state index in [1.807, 2.05) is 20.8 Å². The molecule has 0 bridgehead atoms. The molecule has 3 aromatic rings. The molecule has 160 valence electrons. The van der Waals surface area contributed by atoms with Crippen molar-refractivity contribution >= 4 is 29.0 Å². The molecule has 0 aliphatic rings. The highest BCUT2D eigenvalue weighted by Gasteiger charge is 2.20. The topological polar surface area (TPSA) is 140 Å². The Morgan fingerprint density at radius 2 is 1.81 bits per heavy atom. The maximum absolute atomic E-state index is 12.3. The zero-order valence-corrected chi connectivity index (χ0v) is 17.2. The molecule has 31 heavy (non-hydrogen) atoms. The molecule has 2 aromatic heterocycles. The third-order valence-electron chi connectivity index (χ3n) is 4.28. The molecule has 0 saturated carbocycles. The molecule has 10 nitrogen and oxygen atoms in total. The van der Waals surface area contributed by atoms with Gasteiger partial charge < -0.3 is 15.2 Å². The van der Waals surface area contributed by atoms with E-state index in [9.17, 15) is 19.7 Å². The molecule has 2 heterocycles. The maximum Gasteiger partial charge on any atom is 0.274 e. The molecule has 0 aliphatic carbocycles. The fourth-order valence-electron chi connectivity index (χ4n) is 2.62. The Balaban J connectivity index is 1.58. The van der Waals surface area contributed by atoms with Gasteiger partial charge in [0.25, 0.3) is 11.6 Å². The van der Waals surface area contributed by atoms with Gasteiger partial charge in [0.05, 0.1) is 11.3 Å². The molecule has 0 atom stereocenters. The van der Waals surface area contributed by atoms with Gasteiger partial charge in [-0.1, -0.05) is 38.1 Å². The zero-order chi connectivity index (χ0) is 22.6. The van der Waals surface area contributed by atoms with E-state index in [2.05, 4.69) is 20.8 Å². The molecule has 1 aromatic carbocycles. The quantitative estimate of drug-likeness (QED) is 0.455. The standard InChI is InChI=1S/C21H21N5O5/c1-21(2,3)17-12-18(25-31-17)24-19(27)10-13-4-6-14(7-5-13)23-20(28)16-11-15(26(29)30)8-9-22-16/h4-9,11-12H,10H2,1-3H3,(H,23,28)(H,24,25,27). The summed E-state index contributed by atoms with van der Waals surface area (Å²) in [6.45, 7) is 5.94. The van der Waals surface area contributed by atoms with Gasteiger partial charge in [0.2, 0.25) is 5.91 Å². The molecule has 3 rings (SSSR count). The first-order chi connectivity index (χ1) is 14.6. The summed E-state index contributed by atoms with van der Waals surface area (Å²) in [7, 11) is 0. The molecule has 0 fully saturated rings. The minimum atomic E-state index is -0.596. The van der Waals surface area contributed by atoms with Gasteiger partial charge in [-0.2, -0.15) is 0 Å². The van der Waals surface area contributed by atoms with Crippen molar-refractivity contribution in [3.05, 3.63) is 75.8 Å². The van der Waals surface area contributed by atoms with Crippen molar-refractivity contribution in [3.63, 3.8) is 0 Å². The summed E-state index contributed by atoms with van der Waals surface area (Å²) in [5, 5.41) is 20.0. The highest BCUT2D eigenvalue weighted by atomic mass is 16.6. The van der Waals surface area contributed by atoms with Crippen LogP contribution < -0.4 is 10.6 Å². The Labute approximate surface area is 177 Å². The van der Waals surface area contributed by atoms with Crippen LogP contribution in [-0.4, -0.2) is 26.9 Å². The van der Waals surface area contributed by atoms with Gasteiger partial charge >= 0.3 is 0 Å². The number of amides is 2. The minimum absolute atomic E-state index is 0.0695. The summed E-state index contributed by atoms with van der Waals surface area (Å²) in [6.07, 6.45) is 1.31. The molecule has 2 amide bonds. The number of anilines is 2. The van der Waals surface area contributed by atoms with Crippen molar-refractivity contribution in [1.82, 2.24) is 10.1 Å². The van der Waals surface area contributed by atoms with Crippen molar-refractivity contribution < 1.29 is 19.0 Å². The van der Waals surface area contributed by atoms with Crippen LogP contribution in [0.15, 0.2) is 53.2 Å². The fourth-order valence-corrected chi connectivity index (χ4v) is 2.62. The van der Waals surface area contributed by atoms with Crippen LogP contribution in [0.1, 0.15) is 42.6 Å². The molecule has 2 N–H and O–H groups in total. The third kappa shape index (κ3) is 5.72. The van der Waals surface area contributed by atoms with Crippen LogP contribution in [0.3, 0.4) is 0 Å². The van der Waals surface area contributed by atoms with E-state index in [-0.39, 0.29) is 29.1 Å². The van der Waals surface area contributed by atoms with E-state index >= 15 is 0 Å². The van der Waals surface area contributed by atoms with Gasteiger partial charge in [-0.25, -0.2) is 0 Å². The average molecular weight is 423 g/mol. The van der Waals surface area contributed by atoms with Gasteiger partial charge in [0.1, 0.15) is 11.5 Å². The van der Waals surface area contributed by atoms with Gasteiger partial charge in [0.15, 0.2) is 5.82 Å². The summed E-state index contributed by atoms with van der Waals surface area (Å²) in [5.41, 5.74) is 0.691. The largest absolute Gasteiger partial charge is 0.359 e. The molecule has 0 radical (unpaired) electrons. The fraction of sp³-hybridized carbons (Fsp3) is 0.238. The number of nitrogens with zero attached hydrogens (tertiary/aromatic N) is 3. The average Bonchev–Trinajstić information content (AvgIpc) is 3.18. The molecular weight excluding hydrogens is 402 g/mol. The van der Waals surface area contributed by atoms with E-state index in [1.54, 1.807) is 30.3 Å². The molecule has 0 unspecified atom stereocenters. The number of hydrogen-bond donors (Lipinski definition) is 2. The van der Waals surface area contributed by atoms with Crippen LogP contribution in [0.25, 0.3) is 0 Å². The summed E-state index contributed by atoms with van der Waals surface area (Å²) in [6, 6.07) is 10.7. The first kappa shape index (κ1) is 21.6. The minimum Gasteiger partial charge on any atom is -0.359 e. The Bertz CT molecular complexity index is 1120. The Morgan fingerprint density at radius 3 is 2.42 bits per heavy atom. The second-order valence-corrected chi connectivity index (χ2v) is 7.86. The van der Waals surface area contributed by atoms with Crippen LogP contribution in [0.4, 0.5) is 17.2 Å². The van der Waals surface area contributed by atoms with Crippen LogP contribution >= 0.6 is 0 Å². The first-order valence-electron chi connectivity index (χ1n) is 9.39. The lowest BCUT2D eigenvalue weighted by molar-refractivity contribution is -0.385. The second kappa shape index (κ2) is 8.74. The van der Waals surface area contributed by atoms with Crippen molar-refractivity contribution in [2.75, 3.05) is 10.6 Å². The monoisotopic (exact) mass is 423 g/mol. The lowest BCUT2D eigenvalue weighted by atomic mass is 9.93. The Kier molecular flexibility index (Phi) is 6.10. The van der Waals surface area contributed by atoms with E-state index in [1.165, 1.54) is 12.3 Å². The van der Waals surface area contributed by atoms with Crippen LogP contribution in [0.5, 0.6) is 0 Å². The third-order valence-corrected chi connectivity index (χ3v) is 4.28. The highest BCUT2D eigenvalue weighted by Crippen LogP contribution is 2.24. The smallest absolute Gasteiger partial charge is 0.274 e. The number of nitro groups is 1. The number of pyridine rings is 1. The van der Waals surface area contributed by atoms with E-state index < -0.39 is 10.8 Å². The molecule has 0 aliphatic heterocycles. The molecule has 0 saturated heterocycles. The highest BCUT2D eigenvalue weighted by molar-refractivity contribution is 6.03. The van der Waals surface area contributed by atoms with Crippen molar-refractivity contribution in [2.45, 2.75) is 32.6 Å². The predicted molar refractivity (Wildman–Crippen MR) is 113 cm³/mol. The lowest BCUT2D eigenvalue weighted by Crippen LogP contribution is -2.15. The second-order valence-electron chi connectivity index (χ2n) is 7.86. The normalized spacial score (nSPS) is 11.1. The van der Waals surface area contributed by atoms with E-state index in [0.717, 1.165) is 11.6 Å². The number of benzene rings is 1. The Hall–Kier alpha value is -4.08. The van der Waals surface area contributed by atoms with Crippen molar-refractivity contribution in [1.29, 1.82) is 0 Å². The Morgan fingerprint density at radius 1 is 1.10 bits per heavy atom. The number of carbonyl (C=O) groups excluding carboxylic acids is 2. The van der Waals surface area contributed by atoms with Crippen molar-refractivity contribution in [3.8, 4) is 0 Å². The number of hydrogen-bond acceptors (Lipinski definition) is 7. The molecular formula is C21H21N5O5. The van der Waals surface area contributed by atoms with E-state index in [4.69, 9.17) is 4.52 Å². The summed E-state index contributed by atoms with van der Waals surface area (Å²) in [5.74, 6) is 0.186. The summed E-state index contributed by atoms with van der Waals surface area (Å²) in [4.78, 5) is 38.6. The number of aromatic nitrogens is 2. The van der Waals surface area contributed by atoms with Crippen LogP contribution in [0, 0.1) is 10.1 Å². The number of carbonyl (C=O) groups is 2. The van der Waals surface area contributed by atoms with Gasteiger partial charge in [0, 0.05) is 35.5 Å². The zero-order valence-electron chi connectivity index (χ0n) is 17.2. The van der Waals surface area contributed by atoms with Crippen molar-refractivity contribution in [2.24, 2.45) is 0 Å². The van der Waals surface area contributed by atoms with Gasteiger partial charge in [-0.15, -0.1) is 0 Å². The molecule has 0 spiro atoms. The van der Waals surface area contributed by atoms with E-state index in [0.29, 0.717) is 17.3 Å². The predicted octanol–water partition coefficient (Wildman–Crippen LogP) is 3.71. The first-order valence-corrected chi connectivity index (χ1v) is 9.39. The van der Waals surface area contributed by atoms with Gasteiger partial charge in [-0.3, -0.25) is 24.7 Å². The number of nitrogens with one attached hydrogen (secondary N) is 2. The van der Waals surface area contributed by atoms with Gasteiger partial charge in [-0.05, 0) is 17.7 Å². The maximum atomic E-state index is 12.3. The van der Waals surface area contributed by atoms with Crippen LogP contribution in [-0.2, 0) is 16.6 Å². The summed E-state index contributed by atoms with van der Waals surface area (Å²) >= 11 is 0.